The number of carbonyl (C=O) groups is 2. The van der Waals surface area contributed by atoms with Crippen LogP contribution >= 0.6 is 15.9 Å². The average molecular weight is 568 g/mol. The Hall–Kier alpha value is -4.48. The van der Waals surface area contributed by atoms with Crippen LogP contribution in [0.5, 0.6) is 5.75 Å². The van der Waals surface area contributed by atoms with Crippen molar-refractivity contribution in [3.8, 4) is 22.9 Å². The molecular weight excluding hydrogens is 546 g/mol. The summed E-state index contributed by atoms with van der Waals surface area (Å²) in [7, 11) is 0. The highest BCUT2D eigenvalue weighted by atomic mass is 79.9. The first-order chi connectivity index (χ1) is 18.4. The van der Waals surface area contributed by atoms with E-state index in [1.807, 2.05) is 24.3 Å². The molecule has 1 amide bonds. The first-order valence-electron chi connectivity index (χ1n) is 12.0. The molecule has 0 aliphatic heterocycles. The lowest BCUT2D eigenvalue weighted by molar-refractivity contribution is 0.0698. The van der Waals surface area contributed by atoms with Crippen molar-refractivity contribution in [2.24, 2.45) is 5.10 Å². The van der Waals surface area contributed by atoms with E-state index in [4.69, 9.17) is 14.4 Å². The predicted molar refractivity (Wildman–Crippen MR) is 146 cm³/mol. The van der Waals surface area contributed by atoms with Crippen molar-refractivity contribution in [2.75, 3.05) is 0 Å². The summed E-state index contributed by atoms with van der Waals surface area (Å²) >= 11 is 3.36. The molecule has 1 heterocycles. The molecule has 3 aromatic carbocycles. The van der Waals surface area contributed by atoms with Crippen LogP contribution in [0, 0.1) is 18.3 Å². The van der Waals surface area contributed by atoms with Gasteiger partial charge in [0.25, 0.3) is 5.91 Å². The second-order valence-corrected chi connectivity index (χ2v) is 9.73. The quantitative estimate of drug-likeness (QED) is 0.166. The standard InChI is InChI=1S/C30H22BrN3O4/c1-18-27-25(33-34-29(35)22-9-13-23(31)14-10-22)3-2-4-26(27)38-28(18)30(36)37-24-15-11-21(12-16-24)20-7-5-19(17-32)6-8-20/h5-16H,2-4H2,1H3,(H,34,35)/b33-25+. The molecule has 1 aliphatic rings. The number of hydrogen-bond donors (Lipinski definition) is 1. The number of hydrogen-bond acceptors (Lipinski definition) is 6. The minimum absolute atomic E-state index is 0.125. The Morgan fingerprint density at radius 1 is 0.974 bits per heavy atom. The molecule has 0 fully saturated rings. The maximum Gasteiger partial charge on any atom is 0.379 e. The highest BCUT2D eigenvalue weighted by Gasteiger charge is 2.29. The summed E-state index contributed by atoms with van der Waals surface area (Å²) in [6.07, 6.45) is 2.11. The van der Waals surface area contributed by atoms with Gasteiger partial charge < -0.3 is 9.15 Å². The summed E-state index contributed by atoms with van der Waals surface area (Å²) in [5.41, 5.74) is 7.65. The number of hydrazone groups is 1. The van der Waals surface area contributed by atoms with Crippen molar-refractivity contribution < 1.29 is 18.7 Å². The van der Waals surface area contributed by atoms with E-state index in [9.17, 15) is 9.59 Å². The molecule has 7 nitrogen and oxygen atoms in total. The van der Waals surface area contributed by atoms with Gasteiger partial charge in [0, 0.05) is 27.6 Å². The monoisotopic (exact) mass is 567 g/mol. The van der Waals surface area contributed by atoms with E-state index < -0.39 is 5.97 Å². The van der Waals surface area contributed by atoms with Crippen molar-refractivity contribution in [3.05, 3.63) is 111 Å². The lowest BCUT2D eigenvalue weighted by Crippen LogP contribution is -2.22. The molecule has 0 atom stereocenters. The van der Waals surface area contributed by atoms with Crippen molar-refractivity contribution in [2.45, 2.75) is 26.2 Å². The normalized spacial score (nSPS) is 13.4. The Morgan fingerprint density at radius 3 is 2.29 bits per heavy atom. The van der Waals surface area contributed by atoms with Crippen LogP contribution in [-0.4, -0.2) is 17.6 Å². The highest BCUT2D eigenvalue weighted by molar-refractivity contribution is 9.10. The number of nitrogens with zero attached hydrogens (tertiary/aromatic N) is 2. The molecule has 0 radical (unpaired) electrons. The topological polar surface area (TPSA) is 105 Å². The maximum atomic E-state index is 13.0. The van der Waals surface area contributed by atoms with Gasteiger partial charge in [0.05, 0.1) is 17.3 Å². The number of fused-ring (bicyclic) bond motifs is 1. The highest BCUT2D eigenvalue weighted by Crippen LogP contribution is 2.31. The average Bonchev–Trinajstić information content (AvgIpc) is 3.29. The number of rotatable bonds is 5. The number of halogens is 1. The number of furan rings is 1. The molecule has 1 aromatic heterocycles. The number of amides is 1. The van der Waals surface area contributed by atoms with Crippen molar-refractivity contribution in [1.82, 2.24) is 5.43 Å². The fourth-order valence-corrected chi connectivity index (χ4v) is 4.63. The van der Waals surface area contributed by atoms with E-state index in [0.29, 0.717) is 46.8 Å². The molecule has 0 saturated carbocycles. The molecule has 1 aliphatic carbocycles. The van der Waals surface area contributed by atoms with Crippen molar-refractivity contribution >= 4 is 33.5 Å². The summed E-state index contributed by atoms with van der Waals surface area (Å²) < 4.78 is 12.4. The Labute approximate surface area is 227 Å². The smallest absolute Gasteiger partial charge is 0.379 e. The van der Waals surface area contributed by atoms with Gasteiger partial charge in [-0.2, -0.15) is 10.4 Å². The first-order valence-corrected chi connectivity index (χ1v) is 12.8. The largest absolute Gasteiger partial charge is 0.453 e. The molecule has 0 spiro atoms. The Morgan fingerprint density at radius 2 is 1.63 bits per heavy atom. The van der Waals surface area contributed by atoms with Gasteiger partial charge in [0.15, 0.2) is 0 Å². The lowest BCUT2D eigenvalue weighted by atomic mass is 9.93. The zero-order chi connectivity index (χ0) is 26.6. The second kappa shape index (κ2) is 10.9. The van der Waals surface area contributed by atoms with Gasteiger partial charge in [-0.1, -0.05) is 40.2 Å². The van der Waals surface area contributed by atoms with Crippen LogP contribution in [0.25, 0.3) is 11.1 Å². The van der Waals surface area contributed by atoms with E-state index in [-0.39, 0.29) is 11.7 Å². The molecule has 4 aromatic rings. The third-order valence-corrected chi connectivity index (χ3v) is 6.85. The molecule has 8 heteroatoms. The Kier molecular flexibility index (Phi) is 7.20. The number of aryl methyl sites for hydroxylation is 1. The van der Waals surface area contributed by atoms with E-state index in [0.717, 1.165) is 27.6 Å². The summed E-state index contributed by atoms with van der Waals surface area (Å²) in [5, 5.41) is 13.3. The number of esters is 1. The molecule has 0 bridgehead atoms. The van der Waals surface area contributed by atoms with Gasteiger partial charge in [-0.3, -0.25) is 4.79 Å². The second-order valence-electron chi connectivity index (χ2n) is 8.82. The summed E-state index contributed by atoms with van der Waals surface area (Å²) in [6, 6.07) is 23.5. The number of nitriles is 1. The van der Waals surface area contributed by atoms with Gasteiger partial charge in [-0.25, -0.2) is 10.2 Å². The van der Waals surface area contributed by atoms with Gasteiger partial charge in [-0.05, 0) is 79.4 Å². The summed E-state index contributed by atoms with van der Waals surface area (Å²) in [4.78, 5) is 25.5. The summed E-state index contributed by atoms with van der Waals surface area (Å²) in [5.74, 6) is 0.258. The third-order valence-electron chi connectivity index (χ3n) is 6.32. The molecule has 1 N–H and O–H groups in total. The fraction of sp³-hybridized carbons (Fsp3) is 0.133. The van der Waals surface area contributed by atoms with Crippen LogP contribution in [0.15, 0.2) is 86.8 Å². The van der Waals surface area contributed by atoms with Crippen molar-refractivity contribution in [1.29, 1.82) is 5.26 Å². The van der Waals surface area contributed by atoms with Gasteiger partial charge in [0.1, 0.15) is 11.5 Å². The molecule has 5 rings (SSSR count). The minimum Gasteiger partial charge on any atom is -0.453 e. The minimum atomic E-state index is -0.596. The van der Waals surface area contributed by atoms with Crippen LogP contribution in [-0.2, 0) is 6.42 Å². The molecular formula is C30H22BrN3O4. The lowest BCUT2D eigenvalue weighted by Gasteiger charge is -2.13. The first kappa shape index (κ1) is 25.2. The third kappa shape index (κ3) is 5.29. The number of ether oxygens (including phenoxy) is 1. The van der Waals surface area contributed by atoms with Gasteiger partial charge in [-0.15, -0.1) is 0 Å². The Bertz CT molecular complexity index is 1580. The SMILES string of the molecule is Cc1c(C(=O)Oc2ccc(-c3ccc(C#N)cc3)cc2)oc2c1/C(=N/NC(=O)c1ccc(Br)cc1)CCC2. The van der Waals surface area contributed by atoms with Crippen LogP contribution in [0.4, 0.5) is 0 Å². The van der Waals surface area contributed by atoms with Crippen LogP contribution in [0.3, 0.4) is 0 Å². The van der Waals surface area contributed by atoms with Crippen LogP contribution in [0.1, 0.15) is 56.2 Å². The zero-order valence-electron chi connectivity index (χ0n) is 20.5. The van der Waals surface area contributed by atoms with E-state index in [1.54, 1.807) is 55.5 Å². The number of benzene rings is 3. The van der Waals surface area contributed by atoms with E-state index in [2.05, 4.69) is 32.5 Å². The number of nitrogens with one attached hydrogen (secondary N) is 1. The van der Waals surface area contributed by atoms with E-state index >= 15 is 0 Å². The van der Waals surface area contributed by atoms with Crippen molar-refractivity contribution in [3.63, 3.8) is 0 Å². The number of carbonyl (C=O) groups excluding carboxylic acids is 2. The van der Waals surface area contributed by atoms with Crippen LogP contribution in [0.2, 0.25) is 0 Å². The molecule has 0 saturated heterocycles. The summed E-state index contributed by atoms with van der Waals surface area (Å²) in [6.45, 7) is 1.80. The zero-order valence-corrected chi connectivity index (χ0v) is 22.0. The molecule has 188 valence electrons. The van der Waals surface area contributed by atoms with Crippen LogP contribution < -0.4 is 10.2 Å². The predicted octanol–water partition coefficient (Wildman–Crippen LogP) is 6.58. The fourth-order valence-electron chi connectivity index (χ4n) is 4.36. The Balaban J connectivity index is 1.31. The molecule has 0 unspecified atom stereocenters. The van der Waals surface area contributed by atoms with Gasteiger partial charge in [0.2, 0.25) is 5.76 Å². The maximum absolute atomic E-state index is 13.0. The van der Waals surface area contributed by atoms with Gasteiger partial charge >= 0.3 is 5.97 Å². The molecule has 38 heavy (non-hydrogen) atoms. The van der Waals surface area contributed by atoms with E-state index in [1.165, 1.54) is 0 Å².